The van der Waals surface area contributed by atoms with Crippen molar-refractivity contribution in [2.24, 2.45) is 0 Å². The molecule has 162 valence electrons. The molecule has 0 unspecified atom stereocenters. The topological polar surface area (TPSA) is 63.5 Å². The van der Waals surface area contributed by atoms with E-state index in [4.69, 9.17) is 9.72 Å². The Morgan fingerprint density at radius 2 is 1.93 bits per heavy atom. The minimum Gasteiger partial charge on any atom is -0.494 e. The fourth-order valence-electron chi connectivity index (χ4n) is 3.48. The first-order valence-corrected chi connectivity index (χ1v) is 11.2. The highest BCUT2D eigenvalue weighted by molar-refractivity contribution is 7.22. The standard InChI is InChI=1S/C22H31N5O2S/c1-7-25(8-2)13-14-26(21(28)17-11-12-23-27(17)15(3)4)22-24-19-18(29-6)10-9-16(5)20(19)30-22/h9-12,15H,7-8,13-14H2,1-6H3. The lowest BCUT2D eigenvalue weighted by Gasteiger charge is -2.25. The van der Waals surface area contributed by atoms with E-state index >= 15 is 0 Å². The quantitative estimate of drug-likeness (QED) is 0.505. The van der Waals surface area contributed by atoms with E-state index in [1.807, 2.05) is 26.0 Å². The molecule has 3 rings (SSSR count). The van der Waals surface area contributed by atoms with E-state index in [-0.39, 0.29) is 11.9 Å². The lowest BCUT2D eigenvalue weighted by molar-refractivity contribution is 0.0971. The Labute approximate surface area is 182 Å². The summed E-state index contributed by atoms with van der Waals surface area (Å²) in [5.74, 6) is 0.644. The fourth-order valence-corrected chi connectivity index (χ4v) is 4.55. The molecule has 0 fully saturated rings. The van der Waals surface area contributed by atoms with Crippen LogP contribution in [0, 0.1) is 6.92 Å². The second-order valence-electron chi connectivity index (χ2n) is 7.50. The maximum atomic E-state index is 13.6. The Kier molecular flexibility index (Phi) is 7.10. The fraction of sp³-hybridized carbons (Fsp3) is 0.500. The molecule has 0 spiro atoms. The van der Waals surface area contributed by atoms with Crippen LogP contribution in [0.5, 0.6) is 5.75 Å². The summed E-state index contributed by atoms with van der Waals surface area (Å²) in [6, 6.07) is 5.84. The van der Waals surface area contributed by atoms with Crippen LogP contribution in [0.25, 0.3) is 10.2 Å². The molecule has 1 aromatic carbocycles. The van der Waals surface area contributed by atoms with Crippen molar-refractivity contribution in [3.63, 3.8) is 0 Å². The number of likely N-dealkylation sites (N-methyl/N-ethyl adjacent to an activating group) is 1. The molecule has 2 aromatic heterocycles. The maximum absolute atomic E-state index is 13.6. The van der Waals surface area contributed by atoms with Crippen molar-refractivity contribution >= 4 is 32.6 Å². The molecule has 0 saturated heterocycles. The van der Waals surface area contributed by atoms with E-state index < -0.39 is 0 Å². The number of nitrogens with zero attached hydrogens (tertiary/aromatic N) is 5. The van der Waals surface area contributed by atoms with Gasteiger partial charge in [0, 0.05) is 25.3 Å². The average Bonchev–Trinajstić information content (AvgIpc) is 3.39. The third-order valence-corrected chi connectivity index (χ3v) is 6.51. The van der Waals surface area contributed by atoms with Gasteiger partial charge in [-0.2, -0.15) is 5.10 Å². The van der Waals surface area contributed by atoms with E-state index in [0.29, 0.717) is 17.4 Å². The number of carbonyl (C=O) groups excluding carboxylic acids is 1. The predicted octanol–water partition coefficient (Wildman–Crippen LogP) is 4.38. The summed E-state index contributed by atoms with van der Waals surface area (Å²) in [6.07, 6.45) is 1.68. The lowest BCUT2D eigenvalue weighted by Crippen LogP contribution is -2.39. The van der Waals surface area contributed by atoms with Gasteiger partial charge >= 0.3 is 0 Å². The second-order valence-corrected chi connectivity index (χ2v) is 8.47. The third kappa shape index (κ3) is 4.34. The third-order valence-electron chi connectivity index (χ3n) is 5.30. The van der Waals surface area contributed by atoms with Crippen molar-refractivity contribution in [1.82, 2.24) is 19.7 Å². The Bertz CT molecular complexity index is 1010. The van der Waals surface area contributed by atoms with Crippen LogP contribution < -0.4 is 9.64 Å². The average molecular weight is 430 g/mol. The molecule has 0 atom stereocenters. The molecule has 2 heterocycles. The van der Waals surface area contributed by atoms with Crippen LogP contribution in [0.1, 0.15) is 49.8 Å². The summed E-state index contributed by atoms with van der Waals surface area (Å²) < 4.78 is 8.32. The Balaban J connectivity index is 2.05. The van der Waals surface area contributed by atoms with Crippen LogP contribution in [-0.2, 0) is 0 Å². The van der Waals surface area contributed by atoms with Crippen molar-refractivity contribution in [1.29, 1.82) is 0 Å². The highest BCUT2D eigenvalue weighted by Gasteiger charge is 2.26. The number of rotatable bonds is 9. The van der Waals surface area contributed by atoms with Crippen molar-refractivity contribution in [3.8, 4) is 5.75 Å². The zero-order chi connectivity index (χ0) is 21.8. The highest BCUT2D eigenvalue weighted by atomic mass is 32.1. The molecular formula is C22H31N5O2S. The monoisotopic (exact) mass is 429 g/mol. The number of carbonyl (C=O) groups is 1. The molecule has 0 bridgehead atoms. The van der Waals surface area contributed by atoms with Crippen LogP contribution in [0.2, 0.25) is 0 Å². The van der Waals surface area contributed by atoms with Gasteiger partial charge < -0.3 is 9.64 Å². The normalized spacial score (nSPS) is 11.6. The number of hydrogen-bond donors (Lipinski definition) is 0. The summed E-state index contributed by atoms with van der Waals surface area (Å²) in [5, 5.41) is 5.03. The predicted molar refractivity (Wildman–Crippen MR) is 123 cm³/mol. The van der Waals surface area contributed by atoms with Crippen molar-refractivity contribution in [2.45, 2.75) is 40.7 Å². The Hall–Kier alpha value is -2.45. The molecule has 0 aliphatic carbocycles. The zero-order valence-corrected chi connectivity index (χ0v) is 19.5. The summed E-state index contributed by atoms with van der Waals surface area (Å²) in [7, 11) is 1.65. The molecule has 0 N–H and O–H groups in total. The smallest absolute Gasteiger partial charge is 0.278 e. The maximum Gasteiger partial charge on any atom is 0.278 e. The van der Waals surface area contributed by atoms with E-state index in [1.165, 1.54) is 11.3 Å². The van der Waals surface area contributed by atoms with Gasteiger partial charge in [0.1, 0.15) is 17.0 Å². The second kappa shape index (κ2) is 9.57. The van der Waals surface area contributed by atoms with Crippen molar-refractivity contribution < 1.29 is 9.53 Å². The largest absolute Gasteiger partial charge is 0.494 e. The zero-order valence-electron chi connectivity index (χ0n) is 18.7. The minimum absolute atomic E-state index is 0.0796. The van der Waals surface area contributed by atoms with Crippen LogP contribution in [0.4, 0.5) is 5.13 Å². The number of methoxy groups -OCH3 is 1. The van der Waals surface area contributed by atoms with Crippen LogP contribution >= 0.6 is 11.3 Å². The van der Waals surface area contributed by atoms with Crippen molar-refractivity contribution in [2.75, 3.05) is 38.2 Å². The number of benzene rings is 1. The number of hydrogen-bond acceptors (Lipinski definition) is 6. The number of aryl methyl sites for hydroxylation is 1. The number of aromatic nitrogens is 3. The van der Waals surface area contributed by atoms with Gasteiger partial charge in [0.25, 0.3) is 5.91 Å². The van der Waals surface area contributed by atoms with E-state index in [0.717, 1.165) is 41.2 Å². The molecule has 30 heavy (non-hydrogen) atoms. The SMILES string of the molecule is CCN(CC)CCN(C(=O)c1ccnn1C(C)C)c1nc2c(OC)ccc(C)c2s1. The number of amides is 1. The van der Waals surface area contributed by atoms with E-state index in [1.54, 1.807) is 29.0 Å². The Morgan fingerprint density at radius 3 is 2.57 bits per heavy atom. The highest BCUT2D eigenvalue weighted by Crippen LogP contribution is 2.36. The molecule has 7 nitrogen and oxygen atoms in total. The van der Waals surface area contributed by atoms with Gasteiger partial charge in [-0.3, -0.25) is 14.4 Å². The molecular weight excluding hydrogens is 398 g/mol. The molecule has 0 radical (unpaired) electrons. The van der Waals surface area contributed by atoms with Gasteiger partial charge in [-0.05, 0) is 51.6 Å². The first-order chi connectivity index (χ1) is 14.4. The van der Waals surface area contributed by atoms with Gasteiger partial charge in [0.15, 0.2) is 5.13 Å². The van der Waals surface area contributed by atoms with E-state index in [9.17, 15) is 4.79 Å². The summed E-state index contributed by atoms with van der Waals surface area (Å²) in [5.41, 5.74) is 2.50. The molecule has 0 aliphatic heterocycles. The molecule has 0 aliphatic rings. The summed E-state index contributed by atoms with van der Waals surface area (Å²) in [6.45, 7) is 13.6. The van der Waals surface area contributed by atoms with Gasteiger partial charge in [0.05, 0.1) is 11.8 Å². The van der Waals surface area contributed by atoms with Gasteiger partial charge in [-0.1, -0.05) is 31.3 Å². The van der Waals surface area contributed by atoms with Gasteiger partial charge in [0.2, 0.25) is 0 Å². The molecule has 0 saturated carbocycles. The number of fused-ring (bicyclic) bond motifs is 1. The molecule has 1 amide bonds. The van der Waals surface area contributed by atoms with E-state index in [2.05, 4.69) is 30.8 Å². The lowest BCUT2D eigenvalue weighted by atomic mass is 10.2. The molecule has 8 heteroatoms. The van der Waals surface area contributed by atoms with Crippen LogP contribution in [-0.4, -0.2) is 58.9 Å². The van der Waals surface area contributed by atoms with Gasteiger partial charge in [-0.15, -0.1) is 0 Å². The summed E-state index contributed by atoms with van der Waals surface area (Å²) in [4.78, 5) is 22.5. The number of anilines is 1. The number of ether oxygens (including phenoxy) is 1. The van der Waals surface area contributed by atoms with Crippen LogP contribution in [0.3, 0.4) is 0 Å². The van der Waals surface area contributed by atoms with Gasteiger partial charge in [-0.25, -0.2) is 4.98 Å². The minimum atomic E-state index is -0.0796. The number of thiazole rings is 1. The summed E-state index contributed by atoms with van der Waals surface area (Å²) >= 11 is 1.53. The van der Waals surface area contributed by atoms with Crippen LogP contribution in [0.15, 0.2) is 24.4 Å². The first kappa shape index (κ1) is 22.2. The molecule has 3 aromatic rings. The first-order valence-electron chi connectivity index (χ1n) is 10.4. The van der Waals surface area contributed by atoms with Crippen molar-refractivity contribution in [3.05, 3.63) is 35.7 Å². The Morgan fingerprint density at radius 1 is 1.20 bits per heavy atom.